The Balaban J connectivity index is 1.82. The number of anilines is 1. The van der Waals surface area contributed by atoms with Gasteiger partial charge in [0.25, 0.3) is 0 Å². The smallest absolute Gasteiger partial charge is 0.171 e. The maximum atomic E-state index is 4.63. The number of hydrogen-bond acceptors (Lipinski definition) is 5. The van der Waals surface area contributed by atoms with E-state index in [2.05, 4.69) is 32.2 Å². The predicted octanol–water partition coefficient (Wildman–Crippen LogP) is 3.05. The van der Waals surface area contributed by atoms with E-state index in [0.29, 0.717) is 5.92 Å². The standard InChI is InChI=1S/C13H17N5S/c1-2-5-14-10-8-11(19-13-15-6-7-16-13)18-12(17-10)9-3-4-9/h6-9H,2-5H2,1H3,(H,15,16)(H,14,17,18). The lowest BCUT2D eigenvalue weighted by atomic mass is 10.4. The summed E-state index contributed by atoms with van der Waals surface area (Å²) >= 11 is 1.54. The summed E-state index contributed by atoms with van der Waals surface area (Å²) in [6.07, 6.45) is 7.08. The molecular formula is C13H17N5S. The average Bonchev–Trinajstić information content (AvgIpc) is 3.16. The third-order valence-corrected chi connectivity index (χ3v) is 3.73. The van der Waals surface area contributed by atoms with Gasteiger partial charge in [0.1, 0.15) is 16.7 Å². The molecule has 0 bridgehead atoms. The summed E-state index contributed by atoms with van der Waals surface area (Å²) in [7, 11) is 0. The Morgan fingerprint density at radius 3 is 3.00 bits per heavy atom. The van der Waals surface area contributed by atoms with Gasteiger partial charge in [0.15, 0.2) is 5.16 Å². The van der Waals surface area contributed by atoms with E-state index >= 15 is 0 Å². The zero-order valence-corrected chi connectivity index (χ0v) is 11.7. The van der Waals surface area contributed by atoms with Crippen molar-refractivity contribution in [1.29, 1.82) is 0 Å². The van der Waals surface area contributed by atoms with E-state index in [0.717, 1.165) is 34.8 Å². The van der Waals surface area contributed by atoms with Crippen molar-refractivity contribution in [3.63, 3.8) is 0 Å². The first-order chi connectivity index (χ1) is 9.35. The second kappa shape index (κ2) is 5.61. The maximum Gasteiger partial charge on any atom is 0.171 e. The summed E-state index contributed by atoms with van der Waals surface area (Å²) in [6.45, 7) is 3.08. The van der Waals surface area contributed by atoms with Crippen molar-refractivity contribution >= 4 is 17.6 Å². The molecule has 1 saturated carbocycles. The number of aromatic nitrogens is 4. The van der Waals surface area contributed by atoms with Crippen LogP contribution in [-0.4, -0.2) is 26.5 Å². The normalized spacial score (nSPS) is 14.6. The second-order valence-electron chi connectivity index (χ2n) is 4.65. The zero-order valence-electron chi connectivity index (χ0n) is 10.9. The summed E-state index contributed by atoms with van der Waals surface area (Å²) < 4.78 is 0. The van der Waals surface area contributed by atoms with Crippen molar-refractivity contribution in [3.8, 4) is 0 Å². The SMILES string of the molecule is CCCNc1cc(Sc2ncc[nH]2)nc(C2CC2)n1. The van der Waals surface area contributed by atoms with Gasteiger partial charge < -0.3 is 10.3 Å². The first kappa shape index (κ1) is 12.5. The van der Waals surface area contributed by atoms with Gasteiger partial charge in [0.05, 0.1) is 0 Å². The van der Waals surface area contributed by atoms with Crippen LogP contribution in [0.1, 0.15) is 37.9 Å². The van der Waals surface area contributed by atoms with E-state index in [1.807, 2.05) is 12.3 Å². The third-order valence-electron chi connectivity index (χ3n) is 2.89. The Morgan fingerprint density at radius 2 is 2.32 bits per heavy atom. The quantitative estimate of drug-likeness (QED) is 0.793. The first-order valence-electron chi connectivity index (χ1n) is 6.65. The van der Waals surface area contributed by atoms with Crippen LogP contribution in [-0.2, 0) is 0 Å². The van der Waals surface area contributed by atoms with Crippen molar-refractivity contribution in [2.24, 2.45) is 0 Å². The van der Waals surface area contributed by atoms with Crippen molar-refractivity contribution in [2.75, 3.05) is 11.9 Å². The highest BCUT2D eigenvalue weighted by Gasteiger charge is 2.27. The fourth-order valence-electron chi connectivity index (χ4n) is 1.77. The van der Waals surface area contributed by atoms with Crippen LogP contribution in [0.25, 0.3) is 0 Å². The highest BCUT2D eigenvalue weighted by Crippen LogP contribution is 2.39. The number of nitrogens with zero attached hydrogens (tertiary/aromatic N) is 3. The van der Waals surface area contributed by atoms with Crippen molar-refractivity contribution < 1.29 is 0 Å². The number of nitrogens with one attached hydrogen (secondary N) is 2. The molecule has 0 aromatic carbocycles. The summed E-state index contributed by atoms with van der Waals surface area (Å²) in [4.78, 5) is 16.5. The lowest BCUT2D eigenvalue weighted by Crippen LogP contribution is -2.05. The van der Waals surface area contributed by atoms with E-state index in [1.54, 1.807) is 18.0 Å². The molecule has 2 aromatic rings. The number of rotatable bonds is 6. The zero-order chi connectivity index (χ0) is 13.1. The highest BCUT2D eigenvalue weighted by molar-refractivity contribution is 7.99. The summed E-state index contributed by atoms with van der Waals surface area (Å²) in [5, 5.41) is 5.15. The lowest BCUT2D eigenvalue weighted by Gasteiger charge is -2.08. The minimum Gasteiger partial charge on any atom is -0.370 e. The molecule has 2 heterocycles. The van der Waals surface area contributed by atoms with Crippen LogP contribution in [0.2, 0.25) is 0 Å². The Hall–Kier alpha value is -1.56. The maximum absolute atomic E-state index is 4.63. The Morgan fingerprint density at radius 1 is 1.42 bits per heavy atom. The minimum absolute atomic E-state index is 0.555. The highest BCUT2D eigenvalue weighted by atomic mass is 32.2. The van der Waals surface area contributed by atoms with Gasteiger partial charge in [-0.1, -0.05) is 6.92 Å². The second-order valence-corrected chi connectivity index (χ2v) is 5.66. The van der Waals surface area contributed by atoms with Gasteiger partial charge in [-0.15, -0.1) is 0 Å². The van der Waals surface area contributed by atoms with E-state index in [1.165, 1.54) is 12.8 Å². The Kier molecular flexibility index (Phi) is 3.68. The van der Waals surface area contributed by atoms with Crippen LogP contribution in [0.4, 0.5) is 5.82 Å². The molecule has 0 aliphatic heterocycles. The molecule has 0 atom stereocenters. The predicted molar refractivity (Wildman–Crippen MR) is 75.5 cm³/mol. The minimum atomic E-state index is 0.555. The van der Waals surface area contributed by atoms with Gasteiger partial charge in [0, 0.05) is 30.9 Å². The molecule has 3 rings (SSSR count). The Bertz CT molecular complexity index is 536. The van der Waals surface area contributed by atoms with Crippen LogP contribution < -0.4 is 5.32 Å². The van der Waals surface area contributed by atoms with Gasteiger partial charge in [-0.2, -0.15) is 0 Å². The van der Waals surface area contributed by atoms with Crippen molar-refractivity contribution in [2.45, 2.75) is 42.3 Å². The number of H-pyrrole nitrogens is 1. The van der Waals surface area contributed by atoms with E-state index in [-0.39, 0.29) is 0 Å². The molecule has 19 heavy (non-hydrogen) atoms. The molecule has 100 valence electrons. The molecule has 1 fully saturated rings. The summed E-state index contributed by atoms with van der Waals surface area (Å²) in [5.74, 6) is 2.45. The molecule has 2 aromatic heterocycles. The van der Waals surface area contributed by atoms with Gasteiger partial charge in [-0.3, -0.25) is 0 Å². The molecule has 2 N–H and O–H groups in total. The molecule has 1 aliphatic carbocycles. The third kappa shape index (κ3) is 3.26. The summed E-state index contributed by atoms with van der Waals surface area (Å²) in [6, 6.07) is 1.99. The summed E-state index contributed by atoms with van der Waals surface area (Å²) in [5.41, 5.74) is 0. The van der Waals surface area contributed by atoms with E-state index in [4.69, 9.17) is 0 Å². The Labute approximate surface area is 116 Å². The molecule has 0 radical (unpaired) electrons. The van der Waals surface area contributed by atoms with E-state index in [9.17, 15) is 0 Å². The lowest BCUT2D eigenvalue weighted by molar-refractivity contribution is 0.866. The molecule has 0 amide bonds. The molecular weight excluding hydrogens is 258 g/mol. The number of hydrogen-bond donors (Lipinski definition) is 2. The fourth-order valence-corrected chi connectivity index (χ4v) is 2.52. The van der Waals surface area contributed by atoms with Crippen LogP contribution in [0.3, 0.4) is 0 Å². The van der Waals surface area contributed by atoms with Gasteiger partial charge >= 0.3 is 0 Å². The van der Waals surface area contributed by atoms with Gasteiger partial charge in [-0.25, -0.2) is 15.0 Å². The first-order valence-corrected chi connectivity index (χ1v) is 7.47. The number of aromatic amines is 1. The van der Waals surface area contributed by atoms with Crippen LogP contribution >= 0.6 is 11.8 Å². The topological polar surface area (TPSA) is 66.5 Å². The largest absolute Gasteiger partial charge is 0.370 e. The van der Waals surface area contributed by atoms with Crippen molar-refractivity contribution in [1.82, 2.24) is 19.9 Å². The average molecular weight is 275 g/mol. The molecule has 5 nitrogen and oxygen atoms in total. The van der Waals surface area contributed by atoms with Crippen LogP contribution in [0, 0.1) is 0 Å². The molecule has 1 aliphatic rings. The molecule has 6 heteroatoms. The van der Waals surface area contributed by atoms with Gasteiger partial charge in [-0.05, 0) is 31.0 Å². The molecule has 0 unspecified atom stereocenters. The monoisotopic (exact) mass is 275 g/mol. The van der Waals surface area contributed by atoms with Crippen LogP contribution in [0.15, 0.2) is 28.6 Å². The van der Waals surface area contributed by atoms with Gasteiger partial charge in [0.2, 0.25) is 0 Å². The number of imidazole rings is 1. The fraction of sp³-hybridized carbons (Fsp3) is 0.462. The molecule has 0 spiro atoms. The van der Waals surface area contributed by atoms with Crippen LogP contribution in [0.5, 0.6) is 0 Å². The molecule has 0 saturated heterocycles. The van der Waals surface area contributed by atoms with E-state index < -0.39 is 0 Å². The van der Waals surface area contributed by atoms with Crippen molar-refractivity contribution in [3.05, 3.63) is 24.3 Å².